The van der Waals surface area contributed by atoms with E-state index < -0.39 is 29.3 Å². The first kappa shape index (κ1) is 25.1. The van der Waals surface area contributed by atoms with Gasteiger partial charge in [-0.2, -0.15) is 13.2 Å². The number of carbonyl (C=O) groups is 1. The van der Waals surface area contributed by atoms with Gasteiger partial charge in [0.05, 0.1) is 5.56 Å². The number of rotatable bonds is 4. The van der Waals surface area contributed by atoms with E-state index in [9.17, 15) is 27.9 Å². The van der Waals surface area contributed by atoms with Crippen LogP contribution in [0.1, 0.15) is 28.3 Å². The highest BCUT2D eigenvalue weighted by Crippen LogP contribution is 2.43. The number of nitrogens with zero attached hydrogens (tertiary/aromatic N) is 2. The molecule has 0 fully saturated rings. The van der Waals surface area contributed by atoms with Crippen LogP contribution in [0.3, 0.4) is 0 Å². The molecule has 5 rings (SSSR count). The first-order valence-corrected chi connectivity index (χ1v) is 12.4. The molecule has 1 aromatic heterocycles. The number of halogens is 3. The molecule has 2 heterocycles. The highest BCUT2D eigenvalue weighted by atomic mass is 32.2. The Hall–Kier alpha value is -3.56. The topological polar surface area (TPSA) is 62.5 Å². The minimum absolute atomic E-state index is 0.0804. The highest BCUT2D eigenvalue weighted by molar-refractivity contribution is 7.97. The number of carboxylic acids is 1. The van der Waals surface area contributed by atoms with Gasteiger partial charge < -0.3 is 5.11 Å². The van der Waals surface area contributed by atoms with Crippen LogP contribution in [-0.4, -0.2) is 33.5 Å². The summed E-state index contributed by atoms with van der Waals surface area (Å²) in [5.41, 5.74) is 1.28. The van der Waals surface area contributed by atoms with Gasteiger partial charge in [0.15, 0.2) is 0 Å². The molecule has 4 aromatic rings. The summed E-state index contributed by atoms with van der Waals surface area (Å²) in [7, 11) is 1.70. The van der Waals surface area contributed by atoms with Crippen molar-refractivity contribution < 1.29 is 23.1 Å². The Labute approximate surface area is 215 Å². The molecular weight excluding hydrogens is 501 g/mol. The number of likely N-dealkylation sites (N-methyl/N-ethyl adjacent to an activating group) is 1. The second-order valence-electron chi connectivity index (χ2n) is 9.11. The minimum Gasteiger partial charge on any atom is -0.480 e. The minimum atomic E-state index is -4.56. The largest absolute Gasteiger partial charge is 0.480 e. The molecule has 5 nitrogen and oxygen atoms in total. The van der Waals surface area contributed by atoms with Crippen molar-refractivity contribution in [1.82, 2.24) is 8.87 Å². The fourth-order valence-corrected chi connectivity index (χ4v) is 6.06. The molecule has 1 unspecified atom stereocenters. The number of pyridine rings is 1. The van der Waals surface area contributed by atoms with E-state index >= 15 is 0 Å². The third-order valence-corrected chi connectivity index (χ3v) is 7.76. The number of benzene rings is 3. The van der Waals surface area contributed by atoms with Crippen molar-refractivity contribution in [2.45, 2.75) is 30.6 Å². The van der Waals surface area contributed by atoms with Gasteiger partial charge in [-0.3, -0.25) is 9.36 Å². The molecule has 0 saturated heterocycles. The molecular formula is C28H23F3N2O3S. The van der Waals surface area contributed by atoms with Crippen LogP contribution in [0, 0.1) is 6.92 Å². The van der Waals surface area contributed by atoms with Crippen molar-refractivity contribution in [2.75, 3.05) is 13.6 Å². The lowest BCUT2D eigenvalue weighted by Gasteiger charge is -2.33. The summed E-state index contributed by atoms with van der Waals surface area (Å²) in [6.45, 7) is 1.70. The van der Waals surface area contributed by atoms with E-state index in [1.54, 1.807) is 24.3 Å². The van der Waals surface area contributed by atoms with Crippen LogP contribution in [0.15, 0.2) is 76.6 Å². The number of hydrogen-bond acceptors (Lipinski definition) is 4. The predicted octanol–water partition coefficient (Wildman–Crippen LogP) is 6.16. The van der Waals surface area contributed by atoms with E-state index in [1.165, 1.54) is 22.6 Å². The summed E-state index contributed by atoms with van der Waals surface area (Å²) in [6.07, 6.45) is -4.26. The lowest BCUT2D eigenvalue weighted by molar-refractivity contribution is -0.141. The summed E-state index contributed by atoms with van der Waals surface area (Å²) in [5, 5.41) is 12.2. The zero-order valence-corrected chi connectivity index (χ0v) is 20.9. The number of carboxylic acid groups (broad SMARTS) is 1. The normalized spacial score (nSPS) is 16.1. The fraction of sp³-hybridized carbons (Fsp3) is 0.214. The summed E-state index contributed by atoms with van der Waals surface area (Å²) < 4.78 is 43.9. The number of fused-ring (bicyclic) bond motifs is 2. The van der Waals surface area contributed by atoms with E-state index in [0.717, 1.165) is 28.5 Å². The van der Waals surface area contributed by atoms with Gasteiger partial charge in [-0.15, -0.1) is 0 Å². The van der Waals surface area contributed by atoms with Gasteiger partial charge in [0.2, 0.25) is 0 Å². The van der Waals surface area contributed by atoms with Crippen molar-refractivity contribution in [2.24, 2.45) is 0 Å². The molecule has 1 aliphatic rings. The second-order valence-corrected chi connectivity index (χ2v) is 10.3. The van der Waals surface area contributed by atoms with Crippen LogP contribution in [0.5, 0.6) is 0 Å². The van der Waals surface area contributed by atoms with Crippen LogP contribution in [-0.2, 0) is 17.4 Å². The maximum Gasteiger partial charge on any atom is 0.416 e. The molecule has 0 saturated carbocycles. The van der Waals surface area contributed by atoms with Crippen LogP contribution in [0.2, 0.25) is 0 Å². The maximum atomic E-state index is 13.7. The predicted molar refractivity (Wildman–Crippen MR) is 138 cm³/mol. The van der Waals surface area contributed by atoms with Gasteiger partial charge in [-0.05, 0) is 71.9 Å². The van der Waals surface area contributed by atoms with E-state index in [0.29, 0.717) is 28.1 Å². The molecule has 0 aliphatic carbocycles. The number of aromatic nitrogens is 1. The van der Waals surface area contributed by atoms with Crippen LogP contribution >= 0.6 is 11.9 Å². The fourth-order valence-electron chi connectivity index (χ4n) is 4.92. The summed E-state index contributed by atoms with van der Waals surface area (Å²) in [6, 6.07) is 17.4. The molecule has 9 heteroatoms. The van der Waals surface area contributed by atoms with Crippen molar-refractivity contribution in [1.29, 1.82) is 0 Å². The lowest BCUT2D eigenvalue weighted by Crippen LogP contribution is -2.42. The average molecular weight is 525 g/mol. The van der Waals surface area contributed by atoms with E-state index in [-0.39, 0.29) is 12.1 Å². The van der Waals surface area contributed by atoms with Crippen LogP contribution < -0.4 is 5.56 Å². The van der Waals surface area contributed by atoms with Gasteiger partial charge in [0, 0.05) is 17.7 Å². The van der Waals surface area contributed by atoms with Gasteiger partial charge >= 0.3 is 12.1 Å². The third-order valence-electron chi connectivity index (χ3n) is 6.72. The molecule has 190 valence electrons. The summed E-state index contributed by atoms with van der Waals surface area (Å²) >= 11 is 1.17. The SMILES string of the molecule is Cc1c(Cc2cccc3ccccc23)c(-c2cccc(C(F)(F)F)c2)c2n(c1=O)C(C(=O)O)CN(C)S2. The average Bonchev–Trinajstić information content (AvgIpc) is 2.86. The highest BCUT2D eigenvalue weighted by Gasteiger charge is 2.36. The molecule has 0 spiro atoms. The molecule has 0 radical (unpaired) electrons. The molecule has 1 N–H and O–H groups in total. The van der Waals surface area contributed by atoms with E-state index in [4.69, 9.17) is 0 Å². The van der Waals surface area contributed by atoms with Gasteiger partial charge in [-0.1, -0.05) is 54.6 Å². The van der Waals surface area contributed by atoms with Gasteiger partial charge in [0.25, 0.3) is 5.56 Å². The van der Waals surface area contributed by atoms with Crippen molar-refractivity contribution in [3.05, 3.63) is 99.3 Å². The monoisotopic (exact) mass is 524 g/mol. The Morgan fingerprint density at radius 2 is 1.78 bits per heavy atom. The van der Waals surface area contributed by atoms with Gasteiger partial charge in [-0.25, -0.2) is 9.10 Å². The van der Waals surface area contributed by atoms with Crippen molar-refractivity contribution in [3.63, 3.8) is 0 Å². The summed E-state index contributed by atoms with van der Waals surface area (Å²) in [5.74, 6) is -1.17. The second kappa shape index (κ2) is 9.39. The van der Waals surface area contributed by atoms with Crippen molar-refractivity contribution >= 4 is 28.7 Å². The summed E-state index contributed by atoms with van der Waals surface area (Å²) in [4.78, 5) is 25.7. The Morgan fingerprint density at radius 3 is 2.51 bits per heavy atom. The maximum absolute atomic E-state index is 13.7. The molecule has 0 amide bonds. The number of aliphatic carboxylic acids is 1. The molecule has 37 heavy (non-hydrogen) atoms. The molecule has 1 aliphatic heterocycles. The van der Waals surface area contributed by atoms with Crippen LogP contribution in [0.25, 0.3) is 21.9 Å². The third kappa shape index (κ3) is 4.53. The van der Waals surface area contributed by atoms with Crippen LogP contribution in [0.4, 0.5) is 13.2 Å². The first-order valence-electron chi connectivity index (χ1n) is 11.6. The first-order chi connectivity index (χ1) is 17.6. The number of alkyl halides is 3. The van der Waals surface area contributed by atoms with Crippen molar-refractivity contribution in [3.8, 4) is 11.1 Å². The molecule has 1 atom stereocenters. The quantitative estimate of drug-likeness (QED) is 0.324. The Balaban J connectivity index is 1.84. The molecule has 0 bridgehead atoms. The smallest absolute Gasteiger partial charge is 0.416 e. The van der Waals surface area contributed by atoms with E-state index in [2.05, 4.69) is 0 Å². The standard InChI is InChI=1S/C28H23F3N2O3S/c1-16-22(14-18-9-5-8-17-7-3-4-12-21(17)18)24(19-10-6-11-20(13-19)28(29,30)31)26-33(25(16)34)23(27(35)36)15-32(2)37-26/h3-13,23H,14-15H2,1-2H3,(H,35,36). The number of hydrogen-bond donors (Lipinski definition) is 1. The zero-order valence-electron chi connectivity index (χ0n) is 20.0. The molecule has 3 aromatic carbocycles. The lowest BCUT2D eigenvalue weighted by atomic mass is 9.90. The Kier molecular flexibility index (Phi) is 6.37. The van der Waals surface area contributed by atoms with E-state index in [1.807, 2.05) is 42.5 Å². The zero-order chi connectivity index (χ0) is 26.5. The van der Waals surface area contributed by atoms with Gasteiger partial charge in [0.1, 0.15) is 11.1 Å². The Morgan fingerprint density at radius 1 is 1.08 bits per heavy atom. The Bertz CT molecular complexity index is 1590.